The minimum absolute atomic E-state index is 0.0714. The van der Waals surface area contributed by atoms with Crippen molar-refractivity contribution < 1.29 is 14.3 Å². The molecule has 0 spiro atoms. The van der Waals surface area contributed by atoms with Crippen LogP contribution < -0.4 is 4.74 Å². The van der Waals surface area contributed by atoms with E-state index in [4.69, 9.17) is 9.47 Å². The lowest BCUT2D eigenvalue weighted by Gasteiger charge is -2.10. The molecule has 5 rings (SSSR count). The average molecular weight is 413 g/mol. The molecule has 0 N–H and O–H groups in total. The quantitative estimate of drug-likeness (QED) is 0.288. The summed E-state index contributed by atoms with van der Waals surface area (Å²) in [5.41, 5.74) is 3.47. The minimum atomic E-state index is -0.516. The first kappa shape index (κ1) is 18.7. The number of hydrogen-bond donors (Lipinski definition) is 0. The van der Waals surface area contributed by atoms with Crippen molar-refractivity contribution in [3.8, 4) is 16.3 Å². The van der Waals surface area contributed by atoms with Gasteiger partial charge in [-0.25, -0.2) is 4.98 Å². The Morgan fingerprint density at radius 2 is 1.63 bits per heavy atom. The molecular formula is C25H19NO3S. The molecular weight excluding hydrogens is 394 g/mol. The smallest absolute Gasteiger partial charge is 0.198 e. The molecule has 0 saturated carbocycles. The number of ketones is 1. The molecule has 1 saturated heterocycles. The molecule has 1 aliphatic rings. The van der Waals surface area contributed by atoms with Gasteiger partial charge in [0.25, 0.3) is 0 Å². The third-order valence-corrected chi connectivity index (χ3v) is 5.88. The third-order valence-electron chi connectivity index (χ3n) is 4.97. The Labute approximate surface area is 178 Å². The summed E-state index contributed by atoms with van der Waals surface area (Å²) in [7, 11) is 0. The summed E-state index contributed by atoms with van der Waals surface area (Å²) in [6, 6.07) is 27.2. The fourth-order valence-corrected chi connectivity index (χ4v) is 4.20. The average Bonchev–Trinajstić information content (AvgIpc) is 3.46. The Morgan fingerprint density at radius 1 is 0.933 bits per heavy atom. The highest BCUT2D eigenvalue weighted by molar-refractivity contribution is 7.13. The van der Waals surface area contributed by atoms with Gasteiger partial charge in [-0.2, -0.15) is 0 Å². The van der Waals surface area contributed by atoms with E-state index < -0.39 is 6.10 Å². The molecule has 3 aromatic carbocycles. The Hall–Kier alpha value is -3.28. The van der Waals surface area contributed by atoms with Crippen LogP contribution in [0, 0.1) is 0 Å². The molecule has 0 bridgehead atoms. The molecule has 0 aliphatic carbocycles. The van der Waals surface area contributed by atoms with Gasteiger partial charge in [0.2, 0.25) is 0 Å². The molecule has 2 atom stereocenters. The molecule has 1 aliphatic heterocycles. The zero-order valence-corrected chi connectivity index (χ0v) is 16.9. The summed E-state index contributed by atoms with van der Waals surface area (Å²) >= 11 is 1.56. The Balaban J connectivity index is 1.29. The molecule has 4 aromatic rings. The molecule has 1 aromatic heterocycles. The minimum Gasteiger partial charge on any atom is -0.488 e. The van der Waals surface area contributed by atoms with Gasteiger partial charge in [-0.05, 0) is 17.7 Å². The van der Waals surface area contributed by atoms with Crippen molar-refractivity contribution in [3.05, 3.63) is 107 Å². The molecule has 2 heterocycles. The zero-order valence-electron chi connectivity index (χ0n) is 16.1. The lowest BCUT2D eigenvalue weighted by molar-refractivity contribution is 0.0949. The second kappa shape index (κ2) is 8.22. The molecule has 5 heteroatoms. The second-order valence-corrected chi connectivity index (χ2v) is 7.91. The summed E-state index contributed by atoms with van der Waals surface area (Å²) in [5, 5.41) is 2.90. The van der Waals surface area contributed by atoms with Crippen LogP contribution >= 0.6 is 11.3 Å². The van der Waals surface area contributed by atoms with Crippen molar-refractivity contribution in [2.75, 3.05) is 0 Å². The van der Waals surface area contributed by atoms with Gasteiger partial charge in [-0.15, -0.1) is 11.3 Å². The van der Waals surface area contributed by atoms with Gasteiger partial charge in [-0.3, -0.25) is 4.79 Å². The molecule has 30 heavy (non-hydrogen) atoms. The molecule has 0 unspecified atom stereocenters. The van der Waals surface area contributed by atoms with Crippen LogP contribution in [0.5, 0.6) is 5.75 Å². The van der Waals surface area contributed by atoms with Crippen molar-refractivity contribution in [2.24, 2.45) is 0 Å². The van der Waals surface area contributed by atoms with Crippen LogP contribution in [0.4, 0.5) is 0 Å². The van der Waals surface area contributed by atoms with Gasteiger partial charge in [-0.1, -0.05) is 72.8 Å². The lowest BCUT2D eigenvalue weighted by Crippen LogP contribution is -2.11. The number of para-hydroxylation sites is 1. The summed E-state index contributed by atoms with van der Waals surface area (Å²) in [5.74, 6) is 0.502. The predicted octanol–water partition coefficient (Wildman–Crippen LogP) is 5.71. The number of thiazole rings is 1. The van der Waals surface area contributed by atoms with E-state index in [0.29, 0.717) is 17.9 Å². The number of carbonyl (C=O) groups excluding carboxylic acids is 1. The van der Waals surface area contributed by atoms with Gasteiger partial charge < -0.3 is 9.47 Å². The Bertz CT molecular complexity index is 1160. The van der Waals surface area contributed by atoms with Gasteiger partial charge in [0.1, 0.15) is 23.5 Å². The van der Waals surface area contributed by atoms with Crippen LogP contribution in [0.15, 0.2) is 90.3 Å². The topological polar surface area (TPSA) is 51.7 Å². The van der Waals surface area contributed by atoms with Crippen molar-refractivity contribution in [3.63, 3.8) is 0 Å². The summed E-state index contributed by atoms with van der Waals surface area (Å²) in [4.78, 5) is 17.7. The van der Waals surface area contributed by atoms with E-state index in [2.05, 4.69) is 4.98 Å². The summed E-state index contributed by atoms with van der Waals surface area (Å²) < 4.78 is 11.7. The van der Waals surface area contributed by atoms with Crippen LogP contribution in [0.1, 0.15) is 27.7 Å². The number of Topliss-reactive ketones (excluding diaryl/α,β-unsaturated/α-hetero) is 1. The van der Waals surface area contributed by atoms with Crippen LogP contribution in [-0.4, -0.2) is 16.9 Å². The van der Waals surface area contributed by atoms with Crippen LogP contribution in [0.3, 0.4) is 0 Å². The number of aromatic nitrogens is 1. The SMILES string of the molecule is O=C(c1ccccc1OCc1ccccc1)[C@H]1O[C@@H]1c1csc(-c2ccccc2)n1. The fraction of sp³-hybridized carbons (Fsp3) is 0.120. The van der Waals surface area contributed by atoms with Crippen molar-refractivity contribution >= 4 is 17.1 Å². The first-order valence-corrected chi connectivity index (χ1v) is 10.6. The van der Waals surface area contributed by atoms with Crippen molar-refractivity contribution in [2.45, 2.75) is 18.8 Å². The molecule has 0 radical (unpaired) electrons. The van der Waals surface area contributed by atoms with Gasteiger partial charge in [0.05, 0.1) is 11.3 Å². The Kier molecular flexibility index (Phi) is 5.13. The van der Waals surface area contributed by atoms with Crippen LogP contribution in [0.25, 0.3) is 10.6 Å². The van der Waals surface area contributed by atoms with E-state index in [0.717, 1.165) is 21.8 Å². The number of carbonyl (C=O) groups is 1. The molecule has 0 amide bonds. The number of ether oxygens (including phenoxy) is 2. The highest BCUT2D eigenvalue weighted by Gasteiger charge is 2.48. The van der Waals surface area contributed by atoms with E-state index >= 15 is 0 Å². The number of epoxide rings is 1. The van der Waals surface area contributed by atoms with Gasteiger partial charge >= 0.3 is 0 Å². The largest absolute Gasteiger partial charge is 0.488 e. The maximum absolute atomic E-state index is 13.1. The van der Waals surface area contributed by atoms with E-state index in [-0.39, 0.29) is 11.9 Å². The number of hydrogen-bond acceptors (Lipinski definition) is 5. The van der Waals surface area contributed by atoms with Crippen molar-refractivity contribution in [1.29, 1.82) is 0 Å². The van der Waals surface area contributed by atoms with Crippen LogP contribution in [-0.2, 0) is 11.3 Å². The lowest BCUT2D eigenvalue weighted by atomic mass is 10.0. The monoisotopic (exact) mass is 413 g/mol. The van der Waals surface area contributed by atoms with Crippen LogP contribution in [0.2, 0.25) is 0 Å². The number of benzene rings is 3. The fourth-order valence-electron chi connectivity index (χ4n) is 3.35. The van der Waals surface area contributed by atoms with E-state index in [1.165, 1.54) is 0 Å². The zero-order chi connectivity index (χ0) is 20.3. The summed E-state index contributed by atoms with van der Waals surface area (Å²) in [6.07, 6.45) is -0.814. The first-order chi connectivity index (χ1) is 14.8. The predicted molar refractivity (Wildman–Crippen MR) is 117 cm³/mol. The number of rotatable bonds is 7. The maximum atomic E-state index is 13.1. The highest BCUT2D eigenvalue weighted by atomic mass is 32.1. The van der Waals surface area contributed by atoms with Gasteiger partial charge in [0.15, 0.2) is 11.9 Å². The van der Waals surface area contributed by atoms with Crippen molar-refractivity contribution in [1.82, 2.24) is 4.98 Å². The highest BCUT2D eigenvalue weighted by Crippen LogP contribution is 2.43. The second-order valence-electron chi connectivity index (χ2n) is 7.06. The number of nitrogens with zero attached hydrogens (tertiary/aromatic N) is 1. The molecule has 148 valence electrons. The standard InChI is InChI=1S/C25H19NO3S/c27-22(19-13-7-8-14-21(19)28-15-17-9-3-1-4-10-17)24-23(29-24)20-16-30-25(26-20)18-11-5-2-6-12-18/h1-14,16,23-24H,15H2/t23-,24-/m1/s1. The van der Waals surface area contributed by atoms with E-state index in [9.17, 15) is 4.79 Å². The maximum Gasteiger partial charge on any atom is 0.198 e. The van der Waals surface area contributed by atoms with Gasteiger partial charge in [0, 0.05) is 10.9 Å². The molecule has 1 fully saturated rings. The van der Waals surface area contributed by atoms with E-state index in [1.54, 1.807) is 17.4 Å². The summed E-state index contributed by atoms with van der Waals surface area (Å²) in [6.45, 7) is 0.409. The Morgan fingerprint density at radius 3 is 2.43 bits per heavy atom. The first-order valence-electron chi connectivity index (χ1n) is 9.76. The third kappa shape index (κ3) is 3.90. The van der Waals surface area contributed by atoms with E-state index in [1.807, 2.05) is 84.2 Å². The normalized spacial score (nSPS) is 17.5. The molecule has 4 nitrogen and oxygen atoms in total.